The molecule has 4 nitrogen and oxygen atoms in total. The molecule has 2 heterocycles. The summed E-state index contributed by atoms with van der Waals surface area (Å²) >= 11 is 0. The number of hydrogen-bond acceptors (Lipinski definition) is 3. The Labute approximate surface area is 86.7 Å². The van der Waals surface area contributed by atoms with Crippen molar-refractivity contribution in [3.8, 4) is 5.75 Å². The van der Waals surface area contributed by atoms with Gasteiger partial charge in [-0.3, -0.25) is 9.69 Å². The largest absolute Gasteiger partial charge is 0.489 e. The lowest BCUT2D eigenvalue weighted by Gasteiger charge is -2.15. The molecule has 80 valence electrons. The van der Waals surface area contributed by atoms with Gasteiger partial charge in [0, 0.05) is 13.1 Å². The highest BCUT2D eigenvalue weighted by molar-refractivity contribution is 5.95. The third-order valence-electron chi connectivity index (χ3n) is 2.36. The van der Waals surface area contributed by atoms with Gasteiger partial charge < -0.3 is 4.74 Å². The molecule has 1 aliphatic heterocycles. The minimum absolute atomic E-state index is 0.0761. The first-order chi connectivity index (χ1) is 7.09. The van der Waals surface area contributed by atoms with Crippen molar-refractivity contribution in [2.24, 2.45) is 5.92 Å². The van der Waals surface area contributed by atoms with Crippen LogP contribution in [-0.4, -0.2) is 24.5 Å². The van der Waals surface area contributed by atoms with Crippen LogP contribution in [0.5, 0.6) is 5.75 Å². The number of halogens is 1. The first-order valence-electron chi connectivity index (χ1n) is 4.65. The summed E-state index contributed by atoms with van der Waals surface area (Å²) in [5.74, 6) is -0.106. The van der Waals surface area contributed by atoms with Crippen LogP contribution in [0.2, 0.25) is 0 Å². The van der Waals surface area contributed by atoms with Gasteiger partial charge in [-0.15, -0.1) is 0 Å². The summed E-state index contributed by atoms with van der Waals surface area (Å²) in [6.45, 7) is 2.02. The van der Waals surface area contributed by atoms with Crippen molar-refractivity contribution < 1.29 is 13.9 Å². The zero-order chi connectivity index (χ0) is 11.0. The molecule has 0 aromatic carbocycles. The second kappa shape index (κ2) is 3.49. The van der Waals surface area contributed by atoms with Crippen LogP contribution in [0.15, 0.2) is 12.3 Å². The highest BCUT2D eigenvalue weighted by Gasteiger charge is 2.27. The number of fused-ring (bicyclic) bond motifs is 1. The number of aromatic nitrogens is 1. The van der Waals surface area contributed by atoms with E-state index in [9.17, 15) is 9.18 Å². The van der Waals surface area contributed by atoms with E-state index in [2.05, 4.69) is 4.98 Å². The van der Waals surface area contributed by atoms with Crippen LogP contribution >= 0.6 is 0 Å². The van der Waals surface area contributed by atoms with Gasteiger partial charge in [-0.2, -0.15) is 0 Å². The van der Waals surface area contributed by atoms with E-state index in [0.29, 0.717) is 11.6 Å². The molecule has 1 atom stereocenters. The number of carbonyl (C=O) groups excluding carboxylic acids is 1. The summed E-state index contributed by atoms with van der Waals surface area (Å²) in [5.41, 5.74) is 0. The van der Waals surface area contributed by atoms with E-state index >= 15 is 0 Å². The smallest absolute Gasteiger partial charge is 0.234 e. The second-order valence-electron chi connectivity index (χ2n) is 3.58. The molecule has 0 radical (unpaired) electrons. The van der Waals surface area contributed by atoms with E-state index in [-0.39, 0.29) is 18.4 Å². The van der Waals surface area contributed by atoms with Gasteiger partial charge in [0.15, 0.2) is 11.6 Å². The Bertz CT molecular complexity index is 408. The Balaban J connectivity index is 2.47. The first kappa shape index (κ1) is 9.89. The van der Waals surface area contributed by atoms with Crippen LogP contribution in [0.1, 0.15) is 6.92 Å². The van der Waals surface area contributed by atoms with Gasteiger partial charge in [0.25, 0.3) is 0 Å². The number of nitrogens with zero attached hydrogens (tertiary/aromatic N) is 2. The maximum atomic E-state index is 12.9. The van der Waals surface area contributed by atoms with Gasteiger partial charge in [0.05, 0.1) is 18.7 Å². The Morgan fingerprint density at radius 3 is 3.13 bits per heavy atom. The Morgan fingerprint density at radius 1 is 1.67 bits per heavy atom. The van der Waals surface area contributed by atoms with Crippen molar-refractivity contribution in [1.29, 1.82) is 0 Å². The maximum Gasteiger partial charge on any atom is 0.234 e. The predicted octanol–water partition coefficient (Wildman–Crippen LogP) is 1.21. The van der Waals surface area contributed by atoms with E-state index < -0.39 is 5.82 Å². The first-order valence-corrected chi connectivity index (χ1v) is 4.65. The lowest BCUT2D eigenvalue weighted by Crippen LogP contribution is -2.32. The molecule has 0 fully saturated rings. The van der Waals surface area contributed by atoms with Gasteiger partial charge in [-0.05, 0) is 0 Å². The number of carbonyl (C=O) groups is 1. The second-order valence-corrected chi connectivity index (χ2v) is 3.58. The fourth-order valence-electron chi connectivity index (χ4n) is 1.49. The van der Waals surface area contributed by atoms with E-state index in [4.69, 9.17) is 4.74 Å². The van der Waals surface area contributed by atoms with Crippen molar-refractivity contribution >= 4 is 11.7 Å². The van der Waals surface area contributed by atoms with Gasteiger partial charge in [-0.25, -0.2) is 9.37 Å². The number of amides is 1. The topological polar surface area (TPSA) is 42.4 Å². The highest BCUT2D eigenvalue weighted by atomic mass is 19.1. The summed E-state index contributed by atoms with van der Waals surface area (Å²) in [7, 11) is 1.61. The lowest BCUT2D eigenvalue weighted by atomic mass is 10.2. The van der Waals surface area contributed by atoms with Crippen LogP contribution in [-0.2, 0) is 4.79 Å². The minimum Gasteiger partial charge on any atom is -0.489 e. The average molecular weight is 210 g/mol. The molecular weight excluding hydrogens is 199 g/mol. The summed E-state index contributed by atoms with van der Waals surface area (Å²) in [6, 6.07) is 1.24. The van der Waals surface area contributed by atoms with E-state index in [1.54, 1.807) is 14.0 Å². The van der Waals surface area contributed by atoms with Gasteiger partial charge in [0.2, 0.25) is 5.91 Å². The molecule has 2 rings (SSSR count). The third-order valence-corrected chi connectivity index (χ3v) is 2.36. The molecule has 1 aromatic rings. The molecular formula is C10H11FN2O2. The number of hydrogen-bond donors (Lipinski definition) is 0. The van der Waals surface area contributed by atoms with E-state index in [1.807, 2.05) is 0 Å². The molecule has 1 aromatic heterocycles. The molecule has 1 amide bonds. The standard InChI is InChI=1S/C10H11FN2O2/c1-6-5-15-8-3-7(11)4-12-9(8)13(2)10(6)14/h3-4,6H,5H2,1-2H3. The Kier molecular flexibility index (Phi) is 2.30. The van der Waals surface area contributed by atoms with Crippen LogP contribution in [0.25, 0.3) is 0 Å². The van der Waals surface area contributed by atoms with Crippen molar-refractivity contribution in [3.63, 3.8) is 0 Å². The molecule has 0 spiro atoms. The SMILES string of the molecule is CC1COc2cc(F)cnc2N(C)C1=O. The predicted molar refractivity (Wildman–Crippen MR) is 52.3 cm³/mol. The summed E-state index contributed by atoms with van der Waals surface area (Å²) in [4.78, 5) is 16.9. The van der Waals surface area contributed by atoms with Crippen molar-refractivity contribution in [2.45, 2.75) is 6.92 Å². The third kappa shape index (κ3) is 1.65. The number of rotatable bonds is 0. The van der Waals surface area contributed by atoms with Crippen LogP contribution in [0.4, 0.5) is 10.2 Å². The zero-order valence-corrected chi connectivity index (χ0v) is 8.53. The number of pyridine rings is 1. The van der Waals surface area contributed by atoms with E-state index in [1.165, 1.54) is 11.0 Å². The monoisotopic (exact) mass is 210 g/mol. The summed E-state index contributed by atoms with van der Waals surface area (Å²) < 4.78 is 18.2. The molecule has 0 N–H and O–H groups in total. The lowest BCUT2D eigenvalue weighted by molar-refractivity contribution is -0.122. The molecule has 0 saturated carbocycles. The minimum atomic E-state index is -0.468. The summed E-state index contributed by atoms with van der Waals surface area (Å²) in [5, 5.41) is 0. The van der Waals surface area contributed by atoms with Crippen molar-refractivity contribution in [3.05, 3.63) is 18.1 Å². The van der Waals surface area contributed by atoms with Crippen molar-refractivity contribution in [2.75, 3.05) is 18.6 Å². The molecule has 0 saturated heterocycles. The van der Waals surface area contributed by atoms with E-state index in [0.717, 1.165) is 6.20 Å². The maximum absolute atomic E-state index is 12.9. The van der Waals surface area contributed by atoms with Crippen LogP contribution in [0.3, 0.4) is 0 Å². The quantitative estimate of drug-likeness (QED) is 0.646. The summed E-state index contributed by atoms with van der Waals surface area (Å²) in [6.07, 6.45) is 1.07. The Morgan fingerprint density at radius 2 is 2.40 bits per heavy atom. The van der Waals surface area contributed by atoms with Crippen LogP contribution < -0.4 is 9.64 Å². The fourth-order valence-corrected chi connectivity index (χ4v) is 1.49. The number of anilines is 1. The normalized spacial score (nSPS) is 20.6. The van der Waals surface area contributed by atoms with Gasteiger partial charge in [0.1, 0.15) is 5.82 Å². The highest BCUT2D eigenvalue weighted by Crippen LogP contribution is 2.29. The zero-order valence-electron chi connectivity index (χ0n) is 8.53. The average Bonchev–Trinajstić information content (AvgIpc) is 2.32. The number of ether oxygens (including phenoxy) is 1. The molecule has 1 unspecified atom stereocenters. The molecule has 1 aliphatic rings. The molecule has 15 heavy (non-hydrogen) atoms. The molecule has 0 aliphatic carbocycles. The van der Waals surface area contributed by atoms with Gasteiger partial charge in [-0.1, -0.05) is 6.92 Å². The van der Waals surface area contributed by atoms with Gasteiger partial charge >= 0.3 is 0 Å². The van der Waals surface area contributed by atoms with Crippen molar-refractivity contribution in [1.82, 2.24) is 4.98 Å². The fraction of sp³-hybridized carbons (Fsp3) is 0.400. The molecule has 5 heteroatoms. The van der Waals surface area contributed by atoms with Crippen LogP contribution in [0, 0.1) is 11.7 Å². The Hall–Kier alpha value is -1.65. The molecule has 0 bridgehead atoms.